The van der Waals surface area contributed by atoms with Crippen LogP contribution in [0.15, 0.2) is 49.1 Å². The molecule has 4 aromatic heterocycles. The molecule has 140 valence electrons. The van der Waals surface area contributed by atoms with Crippen molar-refractivity contribution < 1.29 is 4.79 Å². The van der Waals surface area contributed by atoms with Gasteiger partial charge in [-0.2, -0.15) is 14.9 Å². The lowest BCUT2D eigenvalue weighted by atomic mass is 10.1. The summed E-state index contributed by atoms with van der Waals surface area (Å²) in [6, 6.07) is 7.57. The summed E-state index contributed by atoms with van der Waals surface area (Å²) in [7, 11) is 0. The average Bonchev–Trinajstić information content (AvgIpc) is 3.13. The van der Waals surface area contributed by atoms with Crippen molar-refractivity contribution >= 4 is 17.4 Å². The fraction of sp³-hybridized carbons (Fsp3) is 0.250. The molecular formula is C20H19N7O. The monoisotopic (exact) mass is 373 g/mol. The predicted octanol–water partition coefficient (Wildman–Crippen LogP) is 2.92. The van der Waals surface area contributed by atoms with Crippen LogP contribution in [0.2, 0.25) is 0 Å². The van der Waals surface area contributed by atoms with Gasteiger partial charge in [0.15, 0.2) is 11.5 Å². The quantitative estimate of drug-likeness (QED) is 0.594. The summed E-state index contributed by atoms with van der Waals surface area (Å²) in [4.78, 5) is 21.7. The number of hydrogen-bond donors (Lipinski definition) is 1. The van der Waals surface area contributed by atoms with Gasteiger partial charge in [-0.15, -0.1) is 0 Å². The van der Waals surface area contributed by atoms with Crippen molar-refractivity contribution in [2.24, 2.45) is 0 Å². The Balaban J connectivity index is 1.54. The molecule has 1 aliphatic rings. The second-order valence-electron chi connectivity index (χ2n) is 7.48. The Morgan fingerprint density at radius 1 is 1.21 bits per heavy atom. The van der Waals surface area contributed by atoms with Gasteiger partial charge in [0.05, 0.1) is 11.9 Å². The summed E-state index contributed by atoms with van der Waals surface area (Å²) in [5.41, 5.74) is 3.01. The fourth-order valence-electron chi connectivity index (χ4n) is 3.14. The van der Waals surface area contributed by atoms with Gasteiger partial charge >= 0.3 is 0 Å². The molecule has 1 N–H and O–H groups in total. The first kappa shape index (κ1) is 16.6. The Morgan fingerprint density at radius 2 is 2.07 bits per heavy atom. The molecule has 5 rings (SSSR count). The number of hydrogen-bond acceptors (Lipinski definition) is 5. The molecule has 0 atom stereocenters. The van der Waals surface area contributed by atoms with E-state index in [0.29, 0.717) is 22.8 Å². The van der Waals surface area contributed by atoms with Crippen LogP contribution in [0, 0.1) is 6.92 Å². The smallest absolute Gasteiger partial charge is 0.262 e. The zero-order chi connectivity index (χ0) is 19.3. The lowest BCUT2D eigenvalue weighted by Gasteiger charge is -2.08. The number of nitrogens with zero attached hydrogens (tertiary/aromatic N) is 6. The normalized spacial score (nSPS) is 14.9. The molecule has 0 spiro atoms. The number of anilines is 1. The maximum absolute atomic E-state index is 12.9. The number of fused-ring (bicyclic) bond motifs is 1. The number of carbonyl (C=O) groups is 1. The third-order valence-corrected chi connectivity index (χ3v) is 5.21. The Labute approximate surface area is 161 Å². The highest BCUT2D eigenvalue weighted by molar-refractivity contribution is 6.07. The molecule has 8 nitrogen and oxygen atoms in total. The minimum absolute atomic E-state index is 0.0708. The van der Waals surface area contributed by atoms with Gasteiger partial charge in [-0.1, -0.05) is 13.0 Å². The van der Waals surface area contributed by atoms with E-state index in [2.05, 4.69) is 27.3 Å². The second-order valence-corrected chi connectivity index (χ2v) is 7.48. The summed E-state index contributed by atoms with van der Waals surface area (Å²) in [5.74, 6) is 0.962. The summed E-state index contributed by atoms with van der Waals surface area (Å²) >= 11 is 0. The second kappa shape index (κ2) is 5.98. The molecule has 8 heteroatoms. The molecule has 4 aromatic rings. The first-order valence-electron chi connectivity index (χ1n) is 9.17. The maximum atomic E-state index is 12.9. The first-order chi connectivity index (χ1) is 13.5. The highest BCUT2D eigenvalue weighted by Crippen LogP contribution is 2.47. The lowest BCUT2D eigenvalue weighted by Crippen LogP contribution is -2.15. The van der Waals surface area contributed by atoms with Gasteiger partial charge in [-0.05, 0) is 37.5 Å². The van der Waals surface area contributed by atoms with Crippen molar-refractivity contribution in [2.75, 3.05) is 5.32 Å². The van der Waals surface area contributed by atoms with E-state index in [4.69, 9.17) is 5.10 Å². The highest BCUT2D eigenvalue weighted by atomic mass is 16.1. The van der Waals surface area contributed by atoms with E-state index in [1.54, 1.807) is 33.9 Å². The van der Waals surface area contributed by atoms with Crippen molar-refractivity contribution in [1.29, 1.82) is 0 Å². The number of aromatic nitrogens is 6. The molecule has 1 fully saturated rings. The number of carbonyl (C=O) groups excluding carboxylic acids is 1. The predicted molar refractivity (Wildman–Crippen MR) is 104 cm³/mol. The third kappa shape index (κ3) is 2.74. The Morgan fingerprint density at radius 3 is 2.82 bits per heavy atom. The zero-order valence-electron chi connectivity index (χ0n) is 15.6. The van der Waals surface area contributed by atoms with Crippen LogP contribution in [-0.4, -0.2) is 35.3 Å². The SMILES string of the molecule is Cc1ccc(-n2nc(C3(C)CC3)cc2NC(=O)c2cnn3cccnc23)nc1. The number of aryl methyl sites for hydroxylation is 1. The summed E-state index contributed by atoms with van der Waals surface area (Å²) in [6.07, 6.45) is 8.89. The van der Waals surface area contributed by atoms with Crippen LogP contribution in [0.1, 0.15) is 41.4 Å². The van der Waals surface area contributed by atoms with E-state index in [-0.39, 0.29) is 11.3 Å². The molecule has 1 amide bonds. The first-order valence-corrected chi connectivity index (χ1v) is 9.17. The Bertz CT molecular complexity index is 1180. The van der Waals surface area contributed by atoms with Gasteiger partial charge in [-0.25, -0.2) is 14.5 Å². The largest absolute Gasteiger partial charge is 0.306 e. The van der Waals surface area contributed by atoms with Gasteiger partial charge in [0.2, 0.25) is 0 Å². The van der Waals surface area contributed by atoms with Crippen LogP contribution in [0.4, 0.5) is 5.82 Å². The van der Waals surface area contributed by atoms with E-state index in [1.165, 1.54) is 6.20 Å². The molecule has 0 radical (unpaired) electrons. The minimum atomic E-state index is -0.283. The Hall–Kier alpha value is -3.55. The van der Waals surface area contributed by atoms with Gasteiger partial charge in [0.1, 0.15) is 11.4 Å². The molecule has 0 saturated heterocycles. The van der Waals surface area contributed by atoms with E-state index in [1.807, 2.05) is 25.1 Å². The van der Waals surface area contributed by atoms with Crippen LogP contribution >= 0.6 is 0 Å². The van der Waals surface area contributed by atoms with Gasteiger partial charge in [0.25, 0.3) is 5.91 Å². The number of rotatable bonds is 4. The van der Waals surface area contributed by atoms with E-state index in [9.17, 15) is 4.79 Å². The number of pyridine rings is 1. The summed E-state index contributed by atoms with van der Waals surface area (Å²) < 4.78 is 3.26. The van der Waals surface area contributed by atoms with Crippen LogP contribution < -0.4 is 5.32 Å². The fourth-order valence-corrected chi connectivity index (χ4v) is 3.14. The number of nitrogens with one attached hydrogen (secondary N) is 1. The molecular weight excluding hydrogens is 354 g/mol. The molecule has 0 bridgehead atoms. The standard InChI is InChI=1S/C20H19N7O/c1-13-4-5-16(22-11-13)27-17(10-15(25-27)20(2)6-7-20)24-19(28)14-12-23-26-9-3-8-21-18(14)26/h3-5,8-12H,6-7H2,1-2H3,(H,24,28). The van der Waals surface area contributed by atoms with Crippen LogP contribution in [0.5, 0.6) is 0 Å². The minimum Gasteiger partial charge on any atom is -0.306 e. The molecule has 0 unspecified atom stereocenters. The number of amides is 1. The molecule has 1 saturated carbocycles. The van der Waals surface area contributed by atoms with Gasteiger partial charge in [0, 0.05) is 30.1 Å². The summed E-state index contributed by atoms with van der Waals surface area (Å²) in [6.45, 7) is 4.17. The molecule has 0 aromatic carbocycles. The highest BCUT2D eigenvalue weighted by Gasteiger charge is 2.42. The Kier molecular flexibility index (Phi) is 3.55. The van der Waals surface area contributed by atoms with Gasteiger partial charge < -0.3 is 5.32 Å². The topological polar surface area (TPSA) is 90.0 Å². The summed E-state index contributed by atoms with van der Waals surface area (Å²) in [5, 5.41) is 11.9. The van der Waals surface area contributed by atoms with E-state index >= 15 is 0 Å². The van der Waals surface area contributed by atoms with Gasteiger partial charge in [-0.3, -0.25) is 4.79 Å². The van der Waals surface area contributed by atoms with E-state index in [0.717, 1.165) is 24.1 Å². The van der Waals surface area contributed by atoms with Crippen molar-refractivity contribution in [3.63, 3.8) is 0 Å². The molecule has 4 heterocycles. The third-order valence-electron chi connectivity index (χ3n) is 5.21. The molecule has 0 aliphatic heterocycles. The van der Waals surface area contributed by atoms with Crippen LogP contribution in [0.3, 0.4) is 0 Å². The van der Waals surface area contributed by atoms with Crippen molar-refractivity contribution in [1.82, 2.24) is 29.4 Å². The van der Waals surface area contributed by atoms with E-state index < -0.39 is 0 Å². The van der Waals surface area contributed by atoms with Crippen LogP contribution in [-0.2, 0) is 5.41 Å². The van der Waals surface area contributed by atoms with Crippen LogP contribution in [0.25, 0.3) is 11.5 Å². The maximum Gasteiger partial charge on any atom is 0.262 e. The lowest BCUT2D eigenvalue weighted by molar-refractivity contribution is 0.102. The zero-order valence-corrected chi connectivity index (χ0v) is 15.6. The van der Waals surface area contributed by atoms with Crippen molar-refractivity contribution in [2.45, 2.75) is 32.1 Å². The van der Waals surface area contributed by atoms with Crippen molar-refractivity contribution in [3.05, 3.63) is 65.9 Å². The van der Waals surface area contributed by atoms with Crippen molar-refractivity contribution in [3.8, 4) is 5.82 Å². The molecule has 28 heavy (non-hydrogen) atoms. The molecule has 1 aliphatic carbocycles. The average molecular weight is 373 g/mol.